The van der Waals surface area contributed by atoms with Crippen molar-refractivity contribution in [3.63, 3.8) is 0 Å². The Labute approximate surface area is 105 Å². The standard InChI is InChI=1S/C12H14N2S2/c1-16-12(15)13-7-6-10-8-9-4-2-3-5-11(9)14-10/h2-5,8,14H,6-7H2,1H3,(H,13,15). The second-order valence-corrected chi connectivity index (χ2v) is 5.03. The van der Waals surface area contributed by atoms with Gasteiger partial charge in [-0.1, -0.05) is 30.4 Å². The summed E-state index contributed by atoms with van der Waals surface area (Å²) in [6.07, 6.45) is 2.95. The molecule has 2 rings (SSSR count). The molecule has 4 heteroatoms. The zero-order valence-corrected chi connectivity index (χ0v) is 10.8. The van der Waals surface area contributed by atoms with Gasteiger partial charge in [-0.3, -0.25) is 0 Å². The van der Waals surface area contributed by atoms with Gasteiger partial charge in [0.05, 0.1) is 0 Å². The summed E-state index contributed by atoms with van der Waals surface area (Å²) in [6, 6.07) is 10.5. The molecular weight excluding hydrogens is 236 g/mol. The number of aromatic nitrogens is 1. The molecule has 2 N–H and O–H groups in total. The summed E-state index contributed by atoms with van der Waals surface area (Å²) in [5.74, 6) is 0. The fourth-order valence-corrected chi connectivity index (χ4v) is 1.99. The predicted molar refractivity (Wildman–Crippen MR) is 76.1 cm³/mol. The summed E-state index contributed by atoms with van der Waals surface area (Å²) in [7, 11) is 0. The fourth-order valence-electron chi connectivity index (χ4n) is 1.64. The minimum absolute atomic E-state index is 0.858. The van der Waals surface area contributed by atoms with E-state index in [-0.39, 0.29) is 0 Å². The zero-order chi connectivity index (χ0) is 11.4. The molecule has 16 heavy (non-hydrogen) atoms. The molecule has 0 spiro atoms. The van der Waals surface area contributed by atoms with Crippen molar-refractivity contribution in [1.82, 2.24) is 10.3 Å². The van der Waals surface area contributed by atoms with E-state index >= 15 is 0 Å². The van der Waals surface area contributed by atoms with Crippen LogP contribution in [0.15, 0.2) is 30.3 Å². The number of rotatable bonds is 3. The number of thiocarbonyl (C=S) groups is 1. The number of hydrogen-bond donors (Lipinski definition) is 2. The molecular formula is C12H14N2S2. The van der Waals surface area contributed by atoms with E-state index in [0.29, 0.717) is 0 Å². The topological polar surface area (TPSA) is 27.8 Å². The third-order valence-corrected chi connectivity index (χ3v) is 3.59. The highest BCUT2D eigenvalue weighted by Crippen LogP contribution is 2.14. The summed E-state index contributed by atoms with van der Waals surface area (Å²) in [5.41, 5.74) is 2.45. The van der Waals surface area contributed by atoms with E-state index in [4.69, 9.17) is 12.2 Å². The first kappa shape index (κ1) is 11.5. The van der Waals surface area contributed by atoms with Gasteiger partial charge in [0, 0.05) is 24.2 Å². The number of H-pyrrole nitrogens is 1. The maximum Gasteiger partial charge on any atom is 0.133 e. The molecule has 1 aromatic heterocycles. The lowest BCUT2D eigenvalue weighted by Crippen LogP contribution is -2.20. The van der Waals surface area contributed by atoms with E-state index in [9.17, 15) is 0 Å². The number of thioether (sulfide) groups is 1. The van der Waals surface area contributed by atoms with Crippen LogP contribution < -0.4 is 5.32 Å². The highest BCUT2D eigenvalue weighted by molar-refractivity contribution is 8.22. The number of aromatic amines is 1. The van der Waals surface area contributed by atoms with E-state index in [1.165, 1.54) is 16.6 Å². The van der Waals surface area contributed by atoms with Gasteiger partial charge in [0.1, 0.15) is 4.32 Å². The Morgan fingerprint density at radius 3 is 3.00 bits per heavy atom. The van der Waals surface area contributed by atoms with Crippen molar-refractivity contribution in [2.45, 2.75) is 6.42 Å². The molecule has 0 fully saturated rings. The molecule has 0 amide bonds. The molecule has 0 aliphatic carbocycles. The highest BCUT2D eigenvalue weighted by Gasteiger charge is 1.99. The van der Waals surface area contributed by atoms with E-state index in [1.807, 2.05) is 12.3 Å². The van der Waals surface area contributed by atoms with Crippen molar-refractivity contribution in [1.29, 1.82) is 0 Å². The molecule has 0 saturated carbocycles. The molecule has 2 nitrogen and oxygen atoms in total. The van der Waals surface area contributed by atoms with Crippen molar-refractivity contribution in [3.05, 3.63) is 36.0 Å². The maximum atomic E-state index is 5.08. The monoisotopic (exact) mass is 250 g/mol. The second kappa shape index (κ2) is 5.37. The molecule has 0 aliphatic rings. The van der Waals surface area contributed by atoms with Gasteiger partial charge in [0.15, 0.2) is 0 Å². The minimum atomic E-state index is 0.858. The summed E-state index contributed by atoms with van der Waals surface area (Å²) in [4.78, 5) is 3.40. The van der Waals surface area contributed by atoms with Crippen LogP contribution in [-0.2, 0) is 6.42 Å². The van der Waals surface area contributed by atoms with Crippen LogP contribution in [0.5, 0.6) is 0 Å². The van der Waals surface area contributed by atoms with Gasteiger partial charge in [-0.05, 0) is 23.8 Å². The molecule has 1 aromatic carbocycles. The Hall–Kier alpha value is -1.00. The van der Waals surface area contributed by atoms with Gasteiger partial charge in [-0.25, -0.2) is 0 Å². The third kappa shape index (κ3) is 2.77. The molecule has 0 radical (unpaired) electrons. The van der Waals surface area contributed by atoms with E-state index < -0.39 is 0 Å². The van der Waals surface area contributed by atoms with Crippen molar-refractivity contribution in [3.8, 4) is 0 Å². The van der Waals surface area contributed by atoms with Crippen LogP contribution in [0.3, 0.4) is 0 Å². The van der Waals surface area contributed by atoms with Crippen molar-refractivity contribution >= 4 is 39.2 Å². The number of para-hydroxylation sites is 1. The molecule has 0 atom stereocenters. The average molecular weight is 250 g/mol. The Balaban J connectivity index is 1.97. The summed E-state index contributed by atoms with van der Waals surface area (Å²) >= 11 is 6.65. The van der Waals surface area contributed by atoms with Gasteiger partial charge >= 0.3 is 0 Å². The first-order chi connectivity index (χ1) is 7.79. The normalized spacial score (nSPS) is 10.6. The van der Waals surface area contributed by atoms with E-state index in [0.717, 1.165) is 17.3 Å². The lowest BCUT2D eigenvalue weighted by Gasteiger charge is -2.03. The Kier molecular flexibility index (Phi) is 3.85. The molecule has 84 valence electrons. The van der Waals surface area contributed by atoms with E-state index in [2.05, 4.69) is 34.6 Å². The van der Waals surface area contributed by atoms with Crippen LogP contribution in [0.2, 0.25) is 0 Å². The number of fused-ring (bicyclic) bond motifs is 1. The predicted octanol–water partition coefficient (Wildman–Crippen LogP) is 2.95. The van der Waals surface area contributed by atoms with Crippen LogP contribution >= 0.6 is 24.0 Å². The van der Waals surface area contributed by atoms with Crippen LogP contribution in [0.4, 0.5) is 0 Å². The first-order valence-electron chi connectivity index (χ1n) is 5.18. The van der Waals surface area contributed by atoms with Gasteiger partial charge in [0.25, 0.3) is 0 Å². The van der Waals surface area contributed by atoms with Crippen molar-refractivity contribution < 1.29 is 0 Å². The first-order valence-corrected chi connectivity index (χ1v) is 6.81. The molecule has 0 unspecified atom stereocenters. The highest BCUT2D eigenvalue weighted by atomic mass is 32.2. The largest absolute Gasteiger partial charge is 0.371 e. The van der Waals surface area contributed by atoms with Crippen LogP contribution in [0.25, 0.3) is 10.9 Å². The Bertz CT molecular complexity index is 457. The summed E-state index contributed by atoms with van der Waals surface area (Å²) in [5, 5.41) is 4.47. The smallest absolute Gasteiger partial charge is 0.133 e. The van der Waals surface area contributed by atoms with Crippen LogP contribution in [0, 0.1) is 0 Å². The van der Waals surface area contributed by atoms with Crippen LogP contribution in [-0.4, -0.2) is 22.1 Å². The van der Waals surface area contributed by atoms with Gasteiger partial charge in [0.2, 0.25) is 0 Å². The van der Waals surface area contributed by atoms with Crippen molar-refractivity contribution in [2.24, 2.45) is 0 Å². The lowest BCUT2D eigenvalue weighted by molar-refractivity contribution is 0.864. The minimum Gasteiger partial charge on any atom is -0.371 e. The molecule has 0 saturated heterocycles. The Morgan fingerprint density at radius 2 is 2.25 bits per heavy atom. The zero-order valence-electron chi connectivity index (χ0n) is 9.12. The lowest BCUT2D eigenvalue weighted by atomic mass is 10.2. The number of hydrogen-bond acceptors (Lipinski definition) is 2. The fraction of sp³-hybridized carbons (Fsp3) is 0.250. The number of benzene rings is 1. The maximum absolute atomic E-state index is 5.08. The molecule has 1 heterocycles. The third-order valence-electron chi connectivity index (χ3n) is 2.43. The van der Waals surface area contributed by atoms with E-state index in [1.54, 1.807) is 11.8 Å². The molecule has 0 bridgehead atoms. The summed E-state index contributed by atoms with van der Waals surface area (Å²) < 4.78 is 0.858. The average Bonchev–Trinajstić information content (AvgIpc) is 2.71. The SMILES string of the molecule is CSC(=S)NCCc1cc2ccccc2[nH]1. The van der Waals surface area contributed by atoms with Gasteiger partial charge in [-0.2, -0.15) is 0 Å². The number of nitrogens with one attached hydrogen (secondary N) is 2. The van der Waals surface area contributed by atoms with Gasteiger partial charge < -0.3 is 10.3 Å². The second-order valence-electron chi connectivity index (χ2n) is 3.55. The van der Waals surface area contributed by atoms with Crippen LogP contribution in [0.1, 0.15) is 5.69 Å². The molecule has 0 aliphatic heterocycles. The molecule has 2 aromatic rings. The Morgan fingerprint density at radius 1 is 1.44 bits per heavy atom. The van der Waals surface area contributed by atoms with Gasteiger partial charge in [-0.15, -0.1) is 11.8 Å². The summed E-state index contributed by atoms with van der Waals surface area (Å²) in [6.45, 7) is 0.881. The van der Waals surface area contributed by atoms with Crippen molar-refractivity contribution in [2.75, 3.05) is 12.8 Å². The quantitative estimate of drug-likeness (QED) is 0.820.